The minimum Gasteiger partial charge on any atom is -0.357 e. The summed E-state index contributed by atoms with van der Waals surface area (Å²) in [6, 6.07) is 0. The van der Waals surface area contributed by atoms with Gasteiger partial charge in [0.2, 0.25) is 0 Å². The molecule has 0 amide bonds. The van der Waals surface area contributed by atoms with Gasteiger partial charge in [-0.3, -0.25) is 4.90 Å². The van der Waals surface area contributed by atoms with Crippen LogP contribution in [0.25, 0.3) is 0 Å². The Morgan fingerprint density at radius 2 is 1.24 bits per heavy atom. The van der Waals surface area contributed by atoms with E-state index in [1.54, 1.807) is 0 Å². The Labute approximate surface area is 97.3 Å². The predicted octanol–water partition coefficient (Wildman–Crippen LogP) is 3.12. The van der Waals surface area contributed by atoms with Crippen LogP contribution in [0.2, 0.25) is 0 Å². The summed E-state index contributed by atoms with van der Waals surface area (Å²) < 4.78 is 37.0. The minimum atomic E-state index is -4.36. The lowest BCUT2D eigenvalue weighted by atomic mass is 10.1. The van der Waals surface area contributed by atoms with Crippen molar-refractivity contribution in [2.45, 2.75) is 6.30 Å². The standard InChI is InChI=1S/C12H11F3N2/c1-16-6-2-10(3-7-16)11-4-8-17(9-5-11)12(13,14)15/h2-9H,1H3. The Morgan fingerprint density at radius 3 is 1.65 bits per heavy atom. The van der Waals surface area contributed by atoms with Gasteiger partial charge >= 0.3 is 6.30 Å². The molecular weight excluding hydrogens is 229 g/mol. The first-order valence-electron chi connectivity index (χ1n) is 5.01. The van der Waals surface area contributed by atoms with E-state index in [1.165, 1.54) is 12.2 Å². The normalized spacial score (nSPS) is 19.5. The molecule has 0 atom stereocenters. The SMILES string of the molecule is CN1C=CC(=C2C=CN(C(F)(F)F)C=C2)C=C1. The van der Waals surface area contributed by atoms with Crippen molar-refractivity contribution < 1.29 is 13.2 Å². The summed E-state index contributed by atoms with van der Waals surface area (Å²) >= 11 is 0. The number of halogens is 3. The Hall–Kier alpha value is -1.91. The summed E-state index contributed by atoms with van der Waals surface area (Å²) in [6.45, 7) is 0. The molecule has 0 fully saturated rings. The first-order valence-corrected chi connectivity index (χ1v) is 5.01. The lowest BCUT2D eigenvalue weighted by Crippen LogP contribution is -2.29. The summed E-state index contributed by atoms with van der Waals surface area (Å²) in [5, 5.41) is 0. The molecule has 0 spiro atoms. The van der Waals surface area contributed by atoms with Crippen LogP contribution in [0.1, 0.15) is 0 Å². The highest BCUT2D eigenvalue weighted by atomic mass is 19.4. The lowest BCUT2D eigenvalue weighted by Gasteiger charge is -2.22. The van der Waals surface area contributed by atoms with Crippen LogP contribution < -0.4 is 0 Å². The fourth-order valence-electron chi connectivity index (χ4n) is 1.48. The molecule has 0 radical (unpaired) electrons. The molecule has 2 aliphatic rings. The molecule has 0 bridgehead atoms. The molecule has 0 aromatic rings. The average Bonchev–Trinajstić information content (AvgIpc) is 2.29. The monoisotopic (exact) mass is 240 g/mol. The molecule has 0 aromatic heterocycles. The van der Waals surface area contributed by atoms with Crippen LogP contribution in [0.5, 0.6) is 0 Å². The van der Waals surface area contributed by atoms with Gasteiger partial charge in [-0.05, 0) is 35.5 Å². The molecule has 5 heteroatoms. The number of nitrogens with zero attached hydrogens (tertiary/aromatic N) is 2. The number of hydrogen-bond donors (Lipinski definition) is 0. The summed E-state index contributed by atoms with van der Waals surface area (Å²) in [7, 11) is 1.88. The predicted molar refractivity (Wildman–Crippen MR) is 59.2 cm³/mol. The molecule has 2 aliphatic heterocycles. The summed E-state index contributed by atoms with van der Waals surface area (Å²) in [4.78, 5) is 2.09. The van der Waals surface area contributed by atoms with Crippen molar-refractivity contribution in [1.29, 1.82) is 0 Å². The van der Waals surface area contributed by atoms with E-state index in [0.717, 1.165) is 23.5 Å². The Balaban J connectivity index is 2.19. The van der Waals surface area contributed by atoms with Crippen LogP contribution in [0.4, 0.5) is 13.2 Å². The number of alkyl halides is 3. The second kappa shape index (κ2) is 4.16. The molecular formula is C12H11F3N2. The molecule has 0 saturated heterocycles. The highest BCUT2D eigenvalue weighted by Gasteiger charge is 2.34. The van der Waals surface area contributed by atoms with Crippen molar-refractivity contribution in [1.82, 2.24) is 9.80 Å². The van der Waals surface area contributed by atoms with Crippen LogP contribution in [0.15, 0.2) is 60.3 Å². The summed E-state index contributed by atoms with van der Waals surface area (Å²) in [5.41, 5.74) is 1.64. The van der Waals surface area contributed by atoms with E-state index in [1.807, 2.05) is 36.5 Å². The van der Waals surface area contributed by atoms with Gasteiger partial charge in [0.05, 0.1) is 0 Å². The second-order valence-electron chi connectivity index (χ2n) is 3.71. The zero-order valence-corrected chi connectivity index (χ0v) is 9.15. The van der Waals surface area contributed by atoms with Gasteiger partial charge in [0.15, 0.2) is 0 Å². The van der Waals surface area contributed by atoms with Crippen molar-refractivity contribution in [3.05, 3.63) is 60.3 Å². The molecule has 2 rings (SSSR count). The van der Waals surface area contributed by atoms with Gasteiger partial charge in [-0.15, -0.1) is 13.2 Å². The molecule has 0 aromatic carbocycles. The topological polar surface area (TPSA) is 6.48 Å². The lowest BCUT2D eigenvalue weighted by molar-refractivity contribution is -0.210. The van der Waals surface area contributed by atoms with Gasteiger partial charge in [-0.1, -0.05) is 0 Å². The van der Waals surface area contributed by atoms with E-state index in [0.29, 0.717) is 0 Å². The van der Waals surface area contributed by atoms with Gasteiger partial charge in [-0.2, -0.15) is 0 Å². The third-order valence-corrected chi connectivity index (χ3v) is 2.43. The van der Waals surface area contributed by atoms with E-state index in [-0.39, 0.29) is 4.90 Å². The quantitative estimate of drug-likeness (QED) is 0.600. The van der Waals surface area contributed by atoms with E-state index in [4.69, 9.17) is 0 Å². The fourth-order valence-corrected chi connectivity index (χ4v) is 1.48. The van der Waals surface area contributed by atoms with Crippen molar-refractivity contribution >= 4 is 0 Å². The highest BCUT2D eigenvalue weighted by molar-refractivity contribution is 5.48. The van der Waals surface area contributed by atoms with E-state index in [9.17, 15) is 13.2 Å². The maximum absolute atomic E-state index is 12.3. The molecule has 0 N–H and O–H groups in total. The Kier molecular flexibility index (Phi) is 2.83. The molecule has 0 aliphatic carbocycles. The maximum atomic E-state index is 12.3. The van der Waals surface area contributed by atoms with Gasteiger partial charge in [0.25, 0.3) is 0 Å². The van der Waals surface area contributed by atoms with Gasteiger partial charge in [0, 0.05) is 31.8 Å². The van der Waals surface area contributed by atoms with Crippen molar-refractivity contribution in [2.24, 2.45) is 0 Å². The molecule has 17 heavy (non-hydrogen) atoms. The minimum absolute atomic E-state index is 0.222. The number of hydrogen-bond acceptors (Lipinski definition) is 2. The number of rotatable bonds is 0. The first kappa shape index (κ1) is 11.6. The first-order chi connectivity index (χ1) is 7.97. The fraction of sp³-hybridized carbons (Fsp3) is 0.167. The zero-order valence-electron chi connectivity index (χ0n) is 9.15. The van der Waals surface area contributed by atoms with Crippen LogP contribution in [0.3, 0.4) is 0 Å². The van der Waals surface area contributed by atoms with Crippen LogP contribution >= 0.6 is 0 Å². The van der Waals surface area contributed by atoms with Gasteiger partial charge in [-0.25, -0.2) is 0 Å². The van der Waals surface area contributed by atoms with E-state index >= 15 is 0 Å². The largest absolute Gasteiger partial charge is 0.488 e. The zero-order chi connectivity index (χ0) is 12.5. The molecule has 2 nitrogen and oxygen atoms in total. The van der Waals surface area contributed by atoms with Crippen molar-refractivity contribution in [3.63, 3.8) is 0 Å². The van der Waals surface area contributed by atoms with E-state index < -0.39 is 6.30 Å². The third-order valence-electron chi connectivity index (χ3n) is 2.43. The average molecular weight is 240 g/mol. The molecule has 0 saturated carbocycles. The van der Waals surface area contributed by atoms with Crippen molar-refractivity contribution in [3.8, 4) is 0 Å². The van der Waals surface area contributed by atoms with Crippen molar-refractivity contribution in [2.75, 3.05) is 7.05 Å². The molecule has 90 valence electrons. The van der Waals surface area contributed by atoms with Gasteiger partial charge in [0.1, 0.15) is 0 Å². The highest BCUT2D eigenvalue weighted by Crippen LogP contribution is 2.26. The Bertz CT molecular complexity index is 421. The van der Waals surface area contributed by atoms with Crippen LogP contribution in [0, 0.1) is 0 Å². The smallest absolute Gasteiger partial charge is 0.357 e. The van der Waals surface area contributed by atoms with Gasteiger partial charge < -0.3 is 4.90 Å². The second-order valence-corrected chi connectivity index (χ2v) is 3.71. The van der Waals surface area contributed by atoms with E-state index in [2.05, 4.69) is 0 Å². The molecule has 2 heterocycles. The Morgan fingerprint density at radius 1 is 0.824 bits per heavy atom. The third kappa shape index (κ3) is 2.61. The molecule has 0 unspecified atom stereocenters. The summed E-state index contributed by atoms with van der Waals surface area (Å²) in [6.07, 6.45) is 7.97. The summed E-state index contributed by atoms with van der Waals surface area (Å²) in [5.74, 6) is 0. The van der Waals surface area contributed by atoms with Crippen LogP contribution in [-0.4, -0.2) is 23.1 Å². The van der Waals surface area contributed by atoms with Crippen LogP contribution in [-0.2, 0) is 0 Å². The number of allylic oxidation sites excluding steroid dienone is 6. The maximum Gasteiger partial charge on any atom is 0.488 e.